The molecule has 0 saturated carbocycles. The third-order valence-electron chi connectivity index (χ3n) is 4.01. The molecule has 0 spiro atoms. The molecule has 0 amide bonds. The van der Waals surface area contributed by atoms with E-state index < -0.39 is 12.0 Å². The summed E-state index contributed by atoms with van der Waals surface area (Å²) in [6, 6.07) is 7.48. The minimum absolute atomic E-state index is 0.143. The third kappa shape index (κ3) is 4.70. The van der Waals surface area contributed by atoms with E-state index in [0.29, 0.717) is 24.7 Å². The van der Waals surface area contributed by atoms with Crippen LogP contribution in [0, 0.1) is 5.92 Å². The van der Waals surface area contributed by atoms with E-state index >= 15 is 0 Å². The van der Waals surface area contributed by atoms with Crippen molar-refractivity contribution in [3.05, 3.63) is 34.9 Å². The molecule has 0 aromatic heterocycles. The maximum absolute atomic E-state index is 12.4. The van der Waals surface area contributed by atoms with Crippen LogP contribution in [0.5, 0.6) is 0 Å². The van der Waals surface area contributed by atoms with Gasteiger partial charge in [-0.2, -0.15) is 0 Å². The molecule has 2 rings (SSSR count). The van der Waals surface area contributed by atoms with Gasteiger partial charge in [0.25, 0.3) is 0 Å². The van der Waals surface area contributed by atoms with Crippen molar-refractivity contribution in [2.24, 2.45) is 5.92 Å². The Balaban J connectivity index is 2.23. The van der Waals surface area contributed by atoms with Gasteiger partial charge >= 0.3 is 5.97 Å². The van der Waals surface area contributed by atoms with Gasteiger partial charge in [-0.15, -0.1) is 0 Å². The predicted octanol–water partition coefficient (Wildman–Crippen LogP) is 3.01. The zero-order valence-electron chi connectivity index (χ0n) is 14.7. The molecular weight excluding hydrogens is 330 g/mol. The zero-order valence-corrected chi connectivity index (χ0v) is 15.4. The van der Waals surface area contributed by atoms with Crippen molar-refractivity contribution in [2.45, 2.75) is 45.6 Å². The first-order valence-corrected chi connectivity index (χ1v) is 8.61. The van der Waals surface area contributed by atoms with Crippen LogP contribution >= 0.6 is 11.6 Å². The Bertz CT molecular complexity index is 572. The number of hydrogen-bond acceptors (Lipinski definition) is 5. The van der Waals surface area contributed by atoms with E-state index in [1.807, 2.05) is 45.0 Å². The van der Waals surface area contributed by atoms with Crippen molar-refractivity contribution >= 4 is 17.6 Å². The summed E-state index contributed by atoms with van der Waals surface area (Å²) in [5, 5.41) is 11.0. The van der Waals surface area contributed by atoms with Gasteiger partial charge in [0, 0.05) is 24.0 Å². The monoisotopic (exact) mass is 355 g/mol. The standard InChI is InChI=1S/C18H26ClNO4/c1-5-23-16(21)14-11-20(17(22)24-18(2,3)4)10-13(14)12-8-6-7-9-15(12)19/h6-9,13-14,17,22H,5,10-11H2,1-4H3/t13-,14-,17?/m1/s1. The minimum Gasteiger partial charge on any atom is -0.466 e. The van der Waals surface area contributed by atoms with E-state index in [-0.39, 0.29) is 17.8 Å². The van der Waals surface area contributed by atoms with Crippen LogP contribution in [0.3, 0.4) is 0 Å². The van der Waals surface area contributed by atoms with Crippen LogP contribution in [-0.2, 0) is 14.3 Å². The average molecular weight is 356 g/mol. The van der Waals surface area contributed by atoms with E-state index in [1.54, 1.807) is 11.8 Å². The van der Waals surface area contributed by atoms with Gasteiger partial charge in [0.2, 0.25) is 6.41 Å². The Labute approximate surface area is 148 Å². The van der Waals surface area contributed by atoms with E-state index in [1.165, 1.54) is 0 Å². The lowest BCUT2D eigenvalue weighted by molar-refractivity contribution is -0.234. The van der Waals surface area contributed by atoms with Crippen molar-refractivity contribution < 1.29 is 19.4 Å². The largest absolute Gasteiger partial charge is 0.466 e. The second kappa shape index (κ2) is 7.83. The number of aliphatic hydroxyl groups excluding tert-OH is 1. The van der Waals surface area contributed by atoms with Crippen molar-refractivity contribution in [1.29, 1.82) is 0 Å². The van der Waals surface area contributed by atoms with Crippen LogP contribution in [-0.4, -0.2) is 47.7 Å². The molecule has 3 atom stereocenters. The lowest BCUT2D eigenvalue weighted by Crippen LogP contribution is -2.41. The summed E-state index contributed by atoms with van der Waals surface area (Å²) in [5.41, 5.74) is 0.407. The Morgan fingerprint density at radius 2 is 2.04 bits per heavy atom. The summed E-state index contributed by atoms with van der Waals surface area (Å²) in [6.07, 6.45) is -1.07. The molecule has 1 heterocycles. The summed E-state index contributed by atoms with van der Waals surface area (Å²) >= 11 is 6.32. The topological polar surface area (TPSA) is 59.0 Å². The molecule has 1 aromatic carbocycles. The van der Waals surface area contributed by atoms with Gasteiger partial charge in [-0.25, -0.2) is 0 Å². The fourth-order valence-corrected chi connectivity index (χ4v) is 3.26. The van der Waals surface area contributed by atoms with Crippen molar-refractivity contribution in [2.75, 3.05) is 19.7 Å². The maximum atomic E-state index is 12.4. The number of carbonyl (C=O) groups is 1. The first-order chi connectivity index (χ1) is 11.2. The third-order valence-corrected chi connectivity index (χ3v) is 4.36. The van der Waals surface area contributed by atoms with E-state index in [0.717, 1.165) is 5.56 Å². The summed E-state index contributed by atoms with van der Waals surface area (Å²) in [7, 11) is 0. The van der Waals surface area contributed by atoms with Crippen molar-refractivity contribution in [1.82, 2.24) is 4.90 Å². The molecule has 6 heteroatoms. The molecule has 1 saturated heterocycles. The van der Waals surface area contributed by atoms with E-state index in [2.05, 4.69) is 0 Å². The van der Waals surface area contributed by atoms with E-state index in [4.69, 9.17) is 21.1 Å². The van der Waals surface area contributed by atoms with Gasteiger partial charge in [0.1, 0.15) is 0 Å². The van der Waals surface area contributed by atoms with Gasteiger partial charge in [0.15, 0.2) is 0 Å². The second-order valence-corrected chi connectivity index (χ2v) is 7.40. The lowest BCUT2D eigenvalue weighted by Gasteiger charge is -2.29. The first-order valence-electron chi connectivity index (χ1n) is 8.24. The molecule has 1 fully saturated rings. The van der Waals surface area contributed by atoms with Gasteiger partial charge in [0.05, 0.1) is 18.1 Å². The Morgan fingerprint density at radius 1 is 1.38 bits per heavy atom. The number of ether oxygens (including phenoxy) is 2. The minimum atomic E-state index is -1.07. The molecule has 0 bridgehead atoms. The Morgan fingerprint density at radius 3 is 2.62 bits per heavy atom. The van der Waals surface area contributed by atoms with Gasteiger partial charge in [-0.1, -0.05) is 29.8 Å². The van der Waals surface area contributed by atoms with Gasteiger partial charge in [-0.05, 0) is 39.3 Å². The molecule has 1 aromatic rings. The molecule has 1 aliphatic heterocycles. The fraction of sp³-hybridized carbons (Fsp3) is 0.611. The summed E-state index contributed by atoms with van der Waals surface area (Å²) in [5.74, 6) is -0.799. The molecule has 24 heavy (non-hydrogen) atoms. The van der Waals surface area contributed by atoms with Crippen molar-refractivity contribution in [3.8, 4) is 0 Å². The number of halogens is 1. The lowest BCUT2D eigenvalue weighted by atomic mass is 9.89. The average Bonchev–Trinajstić information content (AvgIpc) is 2.91. The number of esters is 1. The maximum Gasteiger partial charge on any atom is 0.310 e. The molecule has 1 N–H and O–H groups in total. The number of rotatable bonds is 5. The summed E-state index contributed by atoms with van der Waals surface area (Å²) < 4.78 is 10.8. The smallest absolute Gasteiger partial charge is 0.310 e. The van der Waals surface area contributed by atoms with Crippen LogP contribution in [0.15, 0.2) is 24.3 Å². The molecular formula is C18H26ClNO4. The summed E-state index contributed by atoms with van der Waals surface area (Å²) in [4.78, 5) is 14.1. The number of benzene rings is 1. The summed E-state index contributed by atoms with van der Waals surface area (Å²) in [6.45, 7) is 8.58. The normalized spacial score (nSPS) is 23.2. The molecule has 134 valence electrons. The number of nitrogens with zero attached hydrogens (tertiary/aromatic N) is 1. The van der Waals surface area contributed by atoms with Gasteiger partial charge < -0.3 is 14.6 Å². The predicted molar refractivity (Wildman–Crippen MR) is 92.7 cm³/mol. The molecule has 1 unspecified atom stereocenters. The molecule has 5 nitrogen and oxygen atoms in total. The Hall–Kier alpha value is -1.14. The van der Waals surface area contributed by atoms with Crippen LogP contribution in [0.25, 0.3) is 0 Å². The van der Waals surface area contributed by atoms with E-state index in [9.17, 15) is 9.90 Å². The molecule has 0 radical (unpaired) electrons. The number of aliphatic hydroxyl groups is 1. The first kappa shape index (κ1) is 19.2. The van der Waals surface area contributed by atoms with Gasteiger partial charge in [-0.3, -0.25) is 9.69 Å². The van der Waals surface area contributed by atoms with Crippen LogP contribution in [0.2, 0.25) is 5.02 Å². The van der Waals surface area contributed by atoms with Crippen molar-refractivity contribution in [3.63, 3.8) is 0 Å². The molecule has 1 aliphatic rings. The van der Waals surface area contributed by atoms with Crippen LogP contribution in [0.1, 0.15) is 39.2 Å². The number of hydrogen-bond donors (Lipinski definition) is 1. The zero-order chi connectivity index (χ0) is 17.9. The highest BCUT2D eigenvalue weighted by Gasteiger charge is 2.43. The highest BCUT2D eigenvalue weighted by atomic mass is 35.5. The SMILES string of the molecule is CCOC(=O)[C@@H]1CN(C(O)OC(C)(C)C)C[C@@H]1c1ccccc1Cl. The highest BCUT2D eigenvalue weighted by molar-refractivity contribution is 6.31. The second-order valence-electron chi connectivity index (χ2n) is 7.00. The number of likely N-dealkylation sites (tertiary alicyclic amines) is 1. The number of carbonyl (C=O) groups excluding carboxylic acids is 1. The quantitative estimate of drug-likeness (QED) is 0.650. The highest BCUT2D eigenvalue weighted by Crippen LogP contribution is 2.38. The Kier molecular flexibility index (Phi) is 6.26. The molecule has 0 aliphatic carbocycles. The van der Waals surface area contributed by atoms with Crippen LogP contribution < -0.4 is 0 Å². The van der Waals surface area contributed by atoms with Crippen LogP contribution in [0.4, 0.5) is 0 Å². The fourth-order valence-electron chi connectivity index (χ4n) is 2.98.